The minimum absolute atomic E-state index is 0.143. The maximum absolute atomic E-state index is 13.5. The van der Waals surface area contributed by atoms with E-state index in [9.17, 15) is 13.2 Å². The Morgan fingerprint density at radius 2 is 1.69 bits per heavy atom. The molecule has 4 heterocycles. The molecule has 1 saturated heterocycles. The fourth-order valence-corrected chi connectivity index (χ4v) is 6.70. The zero-order valence-electron chi connectivity index (χ0n) is 19.5. The average Bonchev–Trinajstić information content (AvgIpc) is 3.58. The quantitative estimate of drug-likeness (QED) is 0.409. The molecule has 3 aromatic heterocycles. The molecule has 1 amide bonds. The van der Waals surface area contributed by atoms with Gasteiger partial charge in [0.1, 0.15) is 16.4 Å². The molecule has 1 fully saturated rings. The summed E-state index contributed by atoms with van der Waals surface area (Å²) in [4.78, 5) is 18.4. The number of amides is 1. The van der Waals surface area contributed by atoms with Crippen molar-refractivity contribution >= 4 is 48.9 Å². The lowest BCUT2D eigenvalue weighted by Gasteiger charge is -2.13. The van der Waals surface area contributed by atoms with Crippen LogP contribution in [0.3, 0.4) is 0 Å². The molecule has 0 aliphatic carbocycles. The van der Waals surface area contributed by atoms with Gasteiger partial charge in [0, 0.05) is 37.1 Å². The van der Waals surface area contributed by atoms with Gasteiger partial charge in [-0.15, -0.1) is 0 Å². The van der Waals surface area contributed by atoms with Crippen molar-refractivity contribution in [2.45, 2.75) is 24.7 Å². The van der Waals surface area contributed by atoms with Gasteiger partial charge in [0.05, 0.1) is 22.2 Å². The fraction of sp³-hybridized carbons (Fsp3) is 0.231. The molecule has 6 rings (SSSR count). The number of para-hydroxylation sites is 2. The molecule has 0 unspecified atom stereocenters. The number of hydrogen-bond acceptors (Lipinski definition) is 4. The second kappa shape index (κ2) is 7.93. The second-order valence-corrected chi connectivity index (χ2v) is 10.9. The summed E-state index contributed by atoms with van der Waals surface area (Å²) in [5, 5.41) is 4.92. The van der Waals surface area contributed by atoms with Crippen molar-refractivity contribution in [1.29, 1.82) is 0 Å². The van der Waals surface area contributed by atoms with E-state index in [2.05, 4.69) is 9.72 Å². The Morgan fingerprint density at radius 3 is 2.46 bits per heavy atom. The number of benzene rings is 2. The number of sulfonamides is 1. The Kier molecular flexibility index (Phi) is 4.94. The Morgan fingerprint density at radius 1 is 1.00 bits per heavy atom. The number of nitrogens with one attached hydrogen (secondary N) is 1. The van der Waals surface area contributed by atoms with Crippen LogP contribution in [0.15, 0.2) is 65.7 Å². The van der Waals surface area contributed by atoms with Crippen molar-refractivity contribution in [2.75, 3.05) is 18.4 Å². The van der Waals surface area contributed by atoms with Crippen molar-refractivity contribution in [3.8, 4) is 0 Å². The van der Waals surface area contributed by atoms with Crippen LogP contribution in [0, 0.1) is 6.92 Å². The van der Waals surface area contributed by atoms with E-state index in [4.69, 9.17) is 4.98 Å². The number of fused-ring (bicyclic) bond motifs is 5. The van der Waals surface area contributed by atoms with Crippen molar-refractivity contribution in [1.82, 2.24) is 18.3 Å². The molecule has 0 saturated carbocycles. The van der Waals surface area contributed by atoms with Crippen molar-refractivity contribution in [3.05, 3.63) is 72.3 Å². The minimum atomic E-state index is -3.62. The number of anilines is 1. The van der Waals surface area contributed by atoms with Crippen LogP contribution in [0.2, 0.25) is 0 Å². The third-order valence-electron chi connectivity index (χ3n) is 6.79. The largest absolute Gasteiger partial charge is 0.345 e. The molecule has 0 atom stereocenters. The first kappa shape index (κ1) is 21.8. The first-order valence-corrected chi connectivity index (χ1v) is 13.1. The highest BCUT2D eigenvalue weighted by molar-refractivity contribution is 7.89. The highest BCUT2D eigenvalue weighted by Gasteiger charge is 2.30. The summed E-state index contributed by atoms with van der Waals surface area (Å²) >= 11 is 0. The Hall–Kier alpha value is -3.69. The van der Waals surface area contributed by atoms with Gasteiger partial charge in [-0.25, -0.2) is 13.4 Å². The summed E-state index contributed by atoms with van der Waals surface area (Å²) in [5.41, 5.74) is 3.60. The van der Waals surface area contributed by atoms with Gasteiger partial charge in [0.2, 0.25) is 10.0 Å². The minimum Gasteiger partial charge on any atom is -0.345 e. The van der Waals surface area contributed by atoms with E-state index in [1.807, 2.05) is 55.5 Å². The maximum Gasteiger partial charge on any atom is 0.272 e. The molecule has 8 nitrogen and oxygen atoms in total. The highest BCUT2D eigenvalue weighted by Crippen LogP contribution is 2.36. The van der Waals surface area contributed by atoms with Crippen molar-refractivity contribution in [2.24, 2.45) is 7.05 Å². The standard InChI is InChI=1S/C26H25N5O3S/c1-17-27-21-11-5-3-9-19(21)25-24(20-10-4-6-12-22(20)31(17)25)28-26(32)23-15-18(16-29(23)2)35(33,34)30-13-7-8-14-30/h3-6,9-12,15-16H,7-8,13-14H2,1-2H3,(H,28,32). The van der Waals surface area contributed by atoms with E-state index in [1.165, 1.54) is 16.6 Å². The van der Waals surface area contributed by atoms with Crippen molar-refractivity contribution in [3.63, 3.8) is 0 Å². The summed E-state index contributed by atoms with van der Waals surface area (Å²) in [6.45, 7) is 2.98. The van der Waals surface area contributed by atoms with Gasteiger partial charge in [-0.1, -0.05) is 36.4 Å². The summed E-state index contributed by atoms with van der Waals surface area (Å²) in [6, 6.07) is 17.2. The molecule has 5 aromatic rings. The molecule has 0 radical (unpaired) electrons. The van der Waals surface area contributed by atoms with Crippen LogP contribution in [0.1, 0.15) is 29.2 Å². The molecule has 9 heteroatoms. The van der Waals surface area contributed by atoms with Gasteiger partial charge in [0.25, 0.3) is 5.91 Å². The highest BCUT2D eigenvalue weighted by atomic mass is 32.2. The number of nitrogens with zero attached hydrogens (tertiary/aromatic N) is 4. The summed E-state index contributed by atoms with van der Waals surface area (Å²) in [6.07, 6.45) is 3.23. The molecule has 1 aliphatic rings. The van der Waals surface area contributed by atoms with Gasteiger partial charge in [-0.3, -0.25) is 9.20 Å². The molecular weight excluding hydrogens is 462 g/mol. The van der Waals surface area contributed by atoms with Gasteiger partial charge >= 0.3 is 0 Å². The van der Waals surface area contributed by atoms with Crippen LogP contribution < -0.4 is 5.32 Å². The number of aromatic nitrogens is 3. The average molecular weight is 488 g/mol. The normalized spacial score (nSPS) is 14.9. The van der Waals surface area contributed by atoms with E-state index >= 15 is 0 Å². The second-order valence-electron chi connectivity index (χ2n) is 8.99. The molecule has 1 N–H and O–H groups in total. The fourth-order valence-electron chi connectivity index (χ4n) is 5.11. The van der Waals surface area contributed by atoms with Crippen molar-refractivity contribution < 1.29 is 13.2 Å². The third-order valence-corrected chi connectivity index (χ3v) is 8.66. The zero-order valence-corrected chi connectivity index (χ0v) is 20.3. The van der Waals surface area contributed by atoms with Crippen LogP contribution in [0.5, 0.6) is 0 Å². The van der Waals surface area contributed by atoms with E-state index < -0.39 is 10.0 Å². The summed E-state index contributed by atoms with van der Waals surface area (Å²) in [5.74, 6) is 0.445. The van der Waals surface area contributed by atoms with Crippen LogP contribution in [-0.2, 0) is 17.1 Å². The van der Waals surface area contributed by atoms with E-state index in [0.717, 1.165) is 46.0 Å². The van der Waals surface area contributed by atoms with E-state index in [-0.39, 0.29) is 16.5 Å². The topological polar surface area (TPSA) is 88.7 Å². The maximum atomic E-state index is 13.5. The molecular formula is C26H25N5O3S. The molecule has 0 bridgehead atoms. The van der Waals surface area contributed by atoms with E-state index in [1.54, 1.807) is 11.6 Å². The SMILES string of the molecule is Cc1nc2ccccc2c2c(NC(=O)c3cc(S(=O)(=O)N4CCCC4)cn3C)c3ccccc3n12. The number of aryl methyl sites for hydroxylation is 2. The third kappa shape index (κ3) is 3.34. The predicted octanol–water partition coefficient (Wildman–Crippen LogP) is 4.32. The molecule has 1 aliphatic heterocycles. The number of rotatable bonds is 4. The Bertz CT molecular complexity index is 1740. The molecule has 0 spiro atoms. The molecule has 178 valence electrons. The number of carbonyl (C=O) groups excluding carboxylic acids is 1. The molecule has 2 aromatic carbocycles. The number of carbonyl (C=O) groups is 1. The van der Waals surface area contributed by atoms with Gasteiger partial charge in [0.15, 0.2) is 0 Å². The summed E-state index contributed by atoms with van der Waals surface area (Å²) < 4.78 is 31.2. The molecule has 35 heavy (non-hydrogen) atoms. The van der Waals surface area contributed by atoms with Crippen LogP contribution in [0.25, 0.3) is 27.3 Å². The Balaban J connectivity index is 1.49. The predicted molar refractivity (Wildman–Crippen MR) is 136 cm³/mol. The lowest BCUT2D eigenvalue weighted by atomic mass is 10.1. The lowest BCUT2D eigenvalue weighted by Crippen LogP contribution is -2.27. The van der Waals surface area contributed by atoms with E-state index in [0.29, 0.717) is 18.8 Å². The van der Waals surface area contributed by atoms with Crippen LogP contribution >= 0.6 is 0 Å². The zero-order chi connectivity index (χ0) is 24.3. The van der Waals surface area contributed by atoms with Crippen LogP contribution in [-0.4, -0.2) is 45.7 Å². The van der Waals surface area contributed by atoms with Gasteiger partial charge in [-0.2, -0.15) is 4.31 Å². The smallest absolute Gasteiger partial charge is 0.272 e. The summed E-state index contributed by atoms with van der Waals surface area (Å²) in [7, 11) is -1.93. The Labute approximate surface area is 202 Å². The first-order valence-electron chi connectivity index (χ1n) is 11.6. The lowest BCUT2D eigenvalue weighted by molar-refractivity contribution is 0.101. The van der Waals surface area contributed by atoms with Crippen LogP contribution in [0.4, 0.5) is 5.69 Å². The number of hydrogen-bond donors (Lipinski definition) is 1. The monoisotopic (exact) mass is 487 g/mol. The van der Waals surface area contributed by atoms with Gasteiger partial charge < -0.3 is 9.88 Å². The van der Waals surface area contributed by atoms with Gasteiger partial charge in [-0.05, 0) is 38.0 Å². The first-order chi connectivity index (χ1) is 16.9.